The first-order valence-electron chi connectivity index (χ1n) is 8.80. The molecule has 0 atom stereocenters. The van der Waals surface area contributed by atoms with Crippen molar-refractivity contribution in [2.75, 3.05) is 0 Å². The fourth-order valence-electron chi connectivity index (χ4n) is 3.02. The molecule has 0 bridgehead atoms. The zero-order valence-corrected chi connectivity index (χ0v) is 17.8. The van der Waals surface area contributed by atoms with Crippen molar-refractivity contribution in [3.8, 4) is 0 Å². The smallest absolute Gasteiger partial charge is 0.225 e. The van der Waals surface area contributed by atoms with Crippen LogP contribution in [0.3, 0.4) is 0 Å². The highest BCUT2D eigenvalue weighted by Crippen LogP contribution is 2.28. The van der Waals surface area contributed by atoms with Crippen LogP contribution in [0.25, 0.3) is 0 Å². The van der Waals surface area contributed by atoms with Gasteiger partial charge in [0.05, 0.1) is 27.7 Å². The van der Waals surface area contributed by atoms with E-state index >= 15 is 0 Å². The number of benzene rings is 1. The van der Waals surface area contributed by atoms with E-state index in [9.17, 15) is 4.79 Å². The Labute approximate surface area is 165 Å². The van der Waals surface area contributed by atoms with Gasteiger partial charge in [-0.25, -0.2) is 0 Å². The predicted molar refractivity (Wildman–Crippen MR) is 108 cm³/mol. The predicted octanol–water partition coefficient (Wildman–Crippen LogP) is 5.06. The number of rotatable bonds is 6. The molecule has 0 unspecified atom stereocenters. The molecular weight excluding hydrogens is 369 g/mol. The number of carbonyl (C=O) groups excluding carboxylic acids is 1. The van der Waals surface area contributed by atoms with Crippen molar-refractivity contribution in [1.82, 2.24) is 15.1 Å². The Morgan fingerprint density at radius 3 is 2.46 bits per heavy atom. The molecule has 0 radical (unpaired) electrons. The van der Waals surface area contributed by atoms with Gasteiger partial charge in [-0.2, -0.15) is 5.10 Å². The normalized spacial score (nSPS) is 11.9. The summed E-state index contributed by atoms with van der Waals surface area (Å²) in [7, 11) is 0. The molecule has 1 N–H and O–H groups in total. The Balaban J connectivity index is 2.15. The summed E-state index contributed by atoms with van der Waals surface area (Å²) >= 11 is 12.1. The van der Waals surface area contributed by atoms with Gasteiger partial charge in [0.15, 0.2) is 0 Å². The molecule has 2 aromatic rings. The van der Waals surface area contributed by atoms with Gasteiger partial charge in [0.25, 0.3) is 0 Å². The van der Waals surface area contributed by atoms with Crippen LogP contribution in [0.15, 0.2) is 18.2 Å². The van der Waals surface area contributed by atoms with Crippen LogP contribution in [-0.2, 0) is 23.3 Å². The molecule has 1 amide bonds. The van der Waals surface area contributed by atoms with Crippen molar-refractivity contribution in [3.63, 3.8) is 0 Å². The van der Waals surface area contributed by atoms with E-state index in [4.69, 9.17) is 23.2 Å². The van der Waals surface area contributed by atoms with Gasteiger partial charge in [-0.05, 0) is 51.3 Å². The molecule has 0 fully saturated rings. The topological polar surface area (TPSA) is 46.9 Å². The Hall–Kier alpha value is -1.52. The quantitative estimate of drug-likeness (QED) is 0.742. The summed E-state index contributed by atoms with van der Waals surface area (Å²) in [6.45, 7) is 13.0. The number of hydrogen-bond acceptors (Lipinski definition) is 2. The van der Waals surface area contributed by atoms with Crippen molar-refractivity contribution in [3.05, 3.63) is 50.8 Å². The zero-order valence-electron chi connectivity index (χ0n) is 16.3. The Bertz CT molecular complexity index is 810. The lowest BCUT2D eigenvalue weighted by Crippen LogP contribution is -2.41. The molecule has 0 saturated carbocycles. The second kappa shape index (κ2) is 8.01. The van der Waals surface area contributed by atoms with Gasteiger partial charge >= 0.3 is 0 Å². The molecule has 0 aliphatic rings. The lowest BCUT2D eigenvalue weighted by Gasteiger charge is -2.27. The number of aromatic nitrogens is 2. The second-order valence-corrected chi connectivity index (χ2v) is 8.52. The van der Waals surface area contributed by atoms with Gasteiger partial charge in [-0.1, -0.05) is 43.1 Å². The minimum atomic E-state index is -0.555. The van der Waals surface area contributed by atoms with E-state index in [0.29, 0.717) is 22.4 Å². The van der Waals surface area contributed by atoms with E-state index in [0.717, 1.165) is 29.1 Å². The second-order valence-electron chi connectivity index (χ2n) is 7.70. The molecule has 0 aliphatic carbocycles. The number of nitrogens with one attached hydrogen (secondary N) is 1. The molecule has 0 spiro atoms. The van der Waals surface area contributed by atoms with E-state index in [2.05, 4.69) is 24.3 Å². The molecule has 0 aliphatic heterocycles. The van der Waals surface area contributed by atoms with Crippen molar-refractivity contribution < 1.29 is 4.79 Å². The van der Waals surface area contributed by atoms with Crippen LogP contribution < -0.4 is 5.32 Å². The molecule has 6 heteroatoms. The van der Waals surface area contributed by atoms with Crippen LogP contribution in [-0.4, -0.2) is 15.7 Å². The number of aryl methyl sites for hydroxylation is 1. The summed E-state index contributed by atoms with van der Waals surface area (Å²) < 4.78 is 1.99. The lowest BCUT2D eigenvalue weighted by atomic mass is 9.94. The number of amides is 1. The average molecular weight is 396 g/mol. The van der Waals surface area contributed by atoms with E-state index in [1.165, 1.54) is 0 Å². The fraction of sp³-hybridized carbons (Fsp3) is 0.500. The molecule has 1 heterocycles. The number of carbonyl (C=O) groups is 1. The Morgan fingerprint density at radius 2 is 1.88 bits per heavy atom. The van der Waals surface area contributed by atoms with E-state index < -0.39 is 5.54 Å². The first-order chi connectivity index (χ1) is 12.0. The van der Waals surface area contributed by atoms with Gasteiger partial charge in [0.2, 0.25) is 5.91 Å². The minimum Gasteiger partial charge on any atom is -0.347 e. The highest BCUT2D eigenvalue weighted by Gasteiger charge is 2.25. The third-order valence-corrected chi connectivity index (χ3v) is 5.24. The number of halogens is 2. The van der Waals surface area contributed by atoms with Crippen LogP contribution >= 0.6 is 23.2 Å². The van der Waals surface area contributed by atoms with Gasteiger partial charge in [0.1, 0.15) is 0 Å². The molecule has 0 saturated heterocycles. The molecule has 26 heavy (non-hydrogen) atoms. The summed E-state index contributed by atoms with van der Waals surface area (Å²) in [6.07, 6.45) is 0.306. The van der Waals surface area contributed by atoms with Crippen LogP contribution in [0.5, 0.6) is 0 Å². The Kier molecular flexibility index (Phi) is 6.41. The maximum Gasteiger partial charge on any atom is 0.225 e. The maximum atomic E-state index is 12.7. The Morgan fingerprint density at radius 1 is 1.23 bits per heavy atom. The van der Waals surface area contributed by atoms with Gasteiger partial charge in [-0.3, -0.25) is 9.48 Å². The van der Waals surface area contributed by atoms with Crippen molar-refractivity contribution >= 4 is 29.1 Å². The standard InChI is InChI=1S/C20H27Cl2N3O/c1-12(2)11-25-14(4)16(13(3)24-25)10-19(26)23-20(5,6)15-7-8-17(21)18(22)9-15/h7-9,12H,10-11H2,1-6H3,(H,23,26). The number of hydrogen-bond donors (Lipinski definition) is 1. The van der Waals surface area contributed by atoms with Crippen LogP contribution in [0.2, 0.25) is 10.0 Å². The molecule has 2 rings (SSSR count). The highest BCUT2D eigenvalue weighted by atomic mass is 35.5. The maximum absolute atomic E-state index is 12.7. The summed E-state index contributed by atoms with van der Waals surface area (Å²) in [4.78, 5) is 12.7. The van der Waals surface area contributed by atoms with Gasteiger partial charge in [-0.15, -0.1) is 0 Å². The van der Waals surface area contributed by atoms with Crippen molar-refractivity contribution in [2.24, 2.45) is 5.92 Å². The average Bonchev–Trinajstić information content (AvgIpc) is 2.76. The minimum absolute atomic E-state index is 0.0450. The summed E-state index contributed by atoms with van der Waals surface area (Å²) in [6, 6.07) is 5.42. The fourth-order valence-corrected chi connectivity index (χ4v) is 3.32. The monoisotopic (exact) mass is 395 g/mol. The third kappa shape index (κ3) is 4.80. The molecular formula is C20H27Cl2N3O. The summed E-state index contributed by atoms with van der Waals surface area (Å²) in [5.74, 6) is 0.458. The van der Waals surface area contributed by atoms with Gasteiger partial charge in [0, 0.05) is 17.8 Å². The van der Waals surface area contributed by atoms with E-state index in [-0.39, 0.29) is 5.91 Å². The SMILES string of the molecule is Cc1nn(CC(C)C)c(C)c1CC(=O)NC(C)(C)c1ccc(Cl)c(Cl)c1. The number of nitrogens with zero attached hydrogens (tertiary/aromatic N) is 2. The highest BCUT2D eigenvalue weighted by molar-refractivity contribution is 6.42. The molecule has 1 aromatic heterocycles. The van der Waals surface area contributed by atoms with Crippen molar-refractivity contribution in [2.45, 2.75) is 60.0 Å². The molecule has 4 nitrogen and oxygen atoms in total. The first kappa shape index (κ1) is 20.8. The lowest BCUT2D eigenvalue weighted by molar-refractivity contribution is -0.122. The summed E-state index contributed by atoms with van der Waals surface area (Å²) in [5.41, 5.74) is 3.31. The van der Waals surface area contributed by atoms with Crippen molar-refractivity contribution in [1.29, 1.82) is 0 Å². The summed E-state index contributed by atoms with van der Waals surface area (Å²) in [5, 5.41) is 8.66. The van der Waals surface area contributed by atoms with Crippen LogP contribution in [0.1, 0.15) is 50.2 Å². The van der Waals surface area contributed by atoms with E-state index in [1.54, 1.807) is 12.1 Å². The largest absolute Gasteiger partial charge is 0.347 e. The first-order valence-corrected chi connectivity index (χ1v) is 9.56. The molecule has 142 valence electrons. The van der Waals surface area contributed by atoms with E-state index in [1.807, 2.05) is 38.4 Å². The van der Waals surface area contributed by atoms with Crippen LogP contribution in [0, 0.1) is 19.8 Å². The third-order valence-electron chi connectivity index (χ3n) is 4.50. The van der Waals surface area contributed by atoms with Crippen LogP contribution in [0.4, 0.5) is 0 Å². The van der Waals surface area contributed by atoms with Gasteiger partial charge < -0.3 is 5.32 Å². The molecule has 1 aromatic carbocycles. The zero-order chi connectivity index (χ0) is 19.6.